The normalized spacial score (nSPS) is 11.3. The summed E-state index contributed by atoms with van der Waals surface area (Å²) in [6.45, 7) is 0. The van der Waals surface area contributed by atoms with E-state index in [9.17, 15) is 0 Å². The van der Waals surface area contributed by atoms with E-state index in [1.165, 1.54) is 48.9 Å². The first-order valence-corrected chi connectivity index (χ1v) is 15.2. The van der Waals surface area contributed by atoms with Gasteiger partial charge in [0, 0.05) is 17.3 Å². The minimum Gasteiger partial charge on any atom is -0.256 e. The van der Waals surface area contributed by atoms with Crippen molar-refractivity contribution < 1.29 is 0 Å². The summed E-state index contributed by atoms with van der Waals surface area (Å²) in [5.74, 6) is 0. The molecule has 0 fully saturated rings. The molecule has 2 heterocycles. The Balaban J connectivity index is 1.05. The van der Waals surface area contributed by atoms with Crippen molar-refractivity contribution in [2.75, 3.05) is 0 Å². The third-order valence-electron chi connectivity index (χ3n) is 7.99. The van der Waals surface area contributed by atoms with E-state index >= 15 is 0 Å². The Labute approximate surface area is 254 Å². The van der Waals surface area contributed by atoms with Crippen molar-refractivity contribution >= 4 is 32.3 Å². The Hall–Kier alpha value is -5.38. The minimum atomic E-state index is 0.982. The first kappa shape index (κ1) is 25.3. The maximum atomic E-state index is 5.03. The molecule has 8 aromatic rings. The lowest BCUT2D eigenvalue weighted by Crippen LogP contribution is -1.84. The van der Waals surface area contributed by atoms with E-state index < -0.39 is 0 Å². The molecule has 0 aliphatic rings. The number of rotatable bonds is 5. The van der Waals surface area contributed by atoms with Gasteiger partial charge in [-0.25, -0.2) is 4.98 Å². The van der Waals surface area contributed by atoms with Crippen LogP contribution in [0.25, 0.3) is 76.2 Å². The molecule has 202 valence electrons. The number of aromatic nitrogens is 2. The van der Waals surface area contributed by atoms with Gasteiger partial charge in [-0.05, 0) is 74.5 Å². The number of hydrogen-bond acceptors (Lipinski definition) is 3. The summed E-state index contributed by atoms with van der Waals surface area (Å²) < 4.78 is 1.19. The molecule has 2 nitrogen and oxygen atoms in total. The predicted molar refractivity (Wildman–Crippen MR) is 182 cm³/mol. The van der Waals surface area contributed by atoms with Crippen LogP contribution >= 0.6 is 11.3 Å². The zero-order valence-electron chi connectivity index (χ0n) is 23.3. The maximum absolute atomic E-state index is 5.03. The summed E-state index contributed by atoms with van der Waals surface area (Å²) in [5.41, 5.74) is 11.5. The van der Waals surface area contributed by atoms with E-state index in [2.05, 4.69) is 138 Å². The number of benzene rings is 6. The fourth-order valence-electron chi connectivity index (χ4n) is 5.75. The SMILES string of the molecule is c1ccc(-c2cccc(-c3ccc(-c4nc5cc(-c6ccc(-c7cccc8ccccc78)cc6)ccc5s4)cc3)c2)nc1. The highest BCUT2D eigenvalue weighted by atomic mass is 32.1. The van der Waals surface area contributed by atoms with E-state index in [-0.39, 0.29) is 0 Å². The van der Waals surface area contributed by atoms with E-state index in [0.29, 0.717) is 0 Å². The van der Waals surface area contributed by atoms with Crippen LogP contribution in [0.1, 0.15) is 0 Å². The van der Waals surface area contributed by atoms with Crippen molar-refractivity contribution in [2.24, 2.45) is 0 Å². The van der Waals surface area contributed by atoms with Crippen molar-refractivity contribution in [1.29, 1.82) is 0 Å². The van der Waals surface area contributed by atoms with Crippen molar-refractivity contribution in [3.05, 3.63) is 158 Å². The molecule has 0 bridgehead atoms. The summed E-state index contributed by atoms with van der Waals surface area (Å²) in [7, 11) is 0. The van der Waals surface area contributed by atoms with E-state index in [0.717, 1.165) is 27.3 Å². The Morgan fingerprint density at radius 1 is 0.442 bits per heavy atom. The molecule has 0 aliphatic carbocycles. The molecular formula is C40H26N2S. The van der Waals surface area contributed by atoms with E-state index in [4.69, 9.17) is 4.98 Å². The molecule has 0 saturated carbocycles. The molecule has 0 atom stereocenters. The van der Waals surface area contributed by atoms with Crippen molar-refractivity contribution in [3.8, 4) is 55.2 Å². The number of fused-ring (bicyclic) bond motifs is 2. The quantitative estimate of drug-likeness (QED) is 0.207. The average Bonchev–Trinajstić information content (AvgIpc) is 3.52. The van der Waals surface area contributed by atoms with E-state index in [1.807, 2.05) is 24.4 Å². The lowest BCUT2D eigenvalue weighted by Gasteiger charge is -2.08. The van der Waals surface area contributed by atoms with Gasteiger partial charge in [-0.2, -0.15) is 0 Å². The van der Waals surface area contributed by atoms with Crippen LogP contribution in [0.3, 0.4) is 0 Å². The lowest BCUT2D eigenvalue weighted by molar-refractivity contribution is 1.33. The molecule has 43 heavy (non-hydrogen) atoms. The van der Waals surface area contributed by atoms with Gasteiger partial charge in [-0.1, -0.05) is 121 Å². The van der Waals surface area contributed by atoms with Gasteiger partial charge < -0.3 is 0 Å². The Morgan fingerprint density at radius 3 is 1.91 bits per heavy atom. The highest BCUT2D eigenvalue weighted by Gasteiger charge is 2.10. The van der Waals surface area contributed by atoms with Crippen LogP contribution in [0.15, 0.2) is 158 Å². The molecule has 8 rings (SSSR count). The standard InChI is InChI=1S/C40H26N2S/c1-2-11-35-29(7-1)8-6-12-36(35)30-18-14-28(15-19-30)33-22-23-39-38(26-33)42-40(43-39)31-20-16-27(17-21-31)32-9-5-10-34(25-32)37-13-3-4-24-41-37/h1-26H. The Morgan fingerprint density at radius 2 is 1.09 bits per heavy atom. The average molecular weight is 567 g/mol. The summed E-state index contributed by atoms with van der Waals surface area (Å²) in [5, 5.41) is 3.57. The molecule has 0 spiro atoms. The number of thiazole rings is 1. The first-order chi connectivity index (χ1) is 21.3. The zero-order valence-corrected chi connectivity index (χ0v) is 24.1. The number of nitrogens with zero attached hydrogens (tertiary/aromatic N) is 2. The Kier molecular flexibility index (Phi) is 6.36. The number of pyridine rings is 1. The van der Waals surface area contributed by atoms with Gasteiger partial charge in [0.1, 0.15) is 5.01 Å². The third-order valence-corrected chi connectivity index (χ3v) is 9.08. The van der Waals surface area contributed by atoms with Crippen molar-refractivity contribution in [1.82, 2.24) is 9.97 Å². The smallest absolute Gasteiger partial charge is 0.124 e. The summed E-state index contributed by atoms with van der Waals surface area (Å²) in [4.78, 5) is 9.54. The maximum Gasteiger partial charge on any atom is 0.124 e. The van der Waals surface area contributed by atoms with Gasteiger partial charge in [0.2, 0.25) is 0 Å². The molecule has 0 aliphatic heterocycles. The molecular weight excluding hydrogens is 541 g/mol. The fourth-order valence-corrected chi connectivity index (χ4v) is 6.70. The summed E-state index contributed by atoms with van der Waals surface area (Å²) >= 11 is 1.74. The fraction of sp³-hybridized carbons (Fsp3) is 0. The van der Waals surface area contributed by atoms with Gasteiger partial charge in [-0.15, -0.1) is 11.3 Å². The van der Waals surface area contributed by atoms with E-state index in [1.54, 1.807) is 11.3 Å². The molecule has 2 aromatic heterocycles. The van der Waals surface area contributed by atoms with Gasteiger partial charge in [0.25, 0.3) is 0 Å². The van der Waals surface area contributed by atoms with Crippen LogP contribution in [0.2, 0.25) is 0 Å². The predicted octanol–water partition coefficient (Wildman–Crippen LogP) is 11.2. The lowest BCUT2D eigenvalue weighted by atomic mass is 9.96. The zero-order chi connectivity index (χ0) is 28.6. The second-order valence-electron chi connectivity index (χ2n) is 10.7. The van der Waals surface area contributed by atoms with Crippen molar-refractivity contribution in [2.45, 2.75) is 0 Å². The first-order valence-electron chi connectivity index (χ1n) is 14.4. The third kappa shape index (κ3) is 4.90. The van der Waals surface area contributed by atoms with Crippen LogP contribution in [0.5, 0.6) is 0 Å². The molecule has 0 saturated heterocycles. The Bertz CT molecular complexity index is 2210. The second-order valence-corrected chi connectivity index (χ2v) is 11.7. The van der Waals surface area contributed by atoms with Gasteiger partial charge in [0.15, 0.2) is 0 Å². The van der Waals surface area contributed by atoms with Crippen LogP contribution in [0, 0.1) is 0 Å². The summed E-state index contributed by atoms with van der Waals surface area (Å²) in [6, 6.07) is 53.8. The number of hydrogen-bond donors (Lipinski definition) is 0. The molecule has 0 unspecified atom stereocenters. The largest absolute Gasteiger partial charge is 0.256 e. The van der Waals surface area contributed by atoms with Crippen LogP contribution in [-0.4, -0.2) is 9.97 Å². The molecule has 0 radical (unpaired) electrons. The highest BCUT2D eigenvalue weighted by Crippen LogP contribution is 2.35. The topological polar surface area (TPSA) is 25.8 Å². The monoisotopic (exact) mass is 566 g/mol. The minimum absolute atomic E-state index is 0.982. The highest BCUT2D eigenvalue weighted by molar-refractivity contribution is 7.21. The van der Waals surface area contributed by atoms with Crippen LogP contribution < -0.4 is 0 Å². The van der Waals surface area contributed by atoms with Gasteiger partial charge in [-0.3, -0.25) is 4.98 Å². The van der Waals surface area contributed by atoms with Gasteiger partial charge in [0.05, 0.1) is 15.9 Å². The van der Waals surface area contributed by atoms with Gasteiger partial charge >= 0.3 is 0 Å². The van der Waals surface area contributed by atoms with Crippen molar-refractivity contribution in [3.63, 3.8) is 0 Å². The summed E-state index contributed by atoms with van der Waals surface area (Å²) in [6.07, 6.45) is 1.83. The molecule has 0 amide bonds. The molecule has 0 N–H and O–H groups in total. The van der Waals surface area contributed by atoms with Crippen LogP contribution in [0.4, 0.5) is 0 Å². The molecule has 3 heteroatoms. The second kappa shape index (κ2) is 10.8. The molecule has 6 aromatic carbocycles. The van der Waals surface area contributed by atoms with Crippen LogP contribution in [-0.2, 0) is 0 Å².